The Morgan fingerprint density at radius 2 is 2.19 bits per heavy atom. The molecule has 0 atom stereocenters. The van der Waals surface area contributed by atoms with Crippen LogP contribution in [0.5, 0.6) is 0 Å². The summed E-state index contributed by atoms with van der Waals surface area (Å²) < 4.78 is 0. The molecule has 1 amide bonds. The molecule has 3 heterocycles. The Labute approximate surface area is 153 Å². The van der Waals surface area contributed by atoms with Crippen LogP contribution < -0.4 is 5.32 Å². The fourth-order valence-electron chi connectivity index (χ4n) is 2.85. The normalized spacial score (nSPS) is 14.1. The highest BCUT2D eigenvalue weighted by Crippen LogP contribution is 2.28. The number of hydrogen-bond donors (Lipinski definition) is 2. The number of anilines is 1. The van der Waals surface area contributed by atoms with Crippen LogP contribution in [0.1, 0.15) is 32.0 Å². The first kappa shape index (κ1) is 18.3. The number of aromatic nitrogens is 3. The number of fused-ring (bicyclic) bond motifs is 1. The van der Waals surface area contributed by atoms with Crippen molar-refractivity contribution in [2.24, 2.45) is 5.41 Å². The second kappa shape index (κ2) is 7.37. The highest BCUT2D eigenvalue weighted by Gasteiger charge is 2.25. The molecule has 2 aromatic heterocycles. The third-order valence-corrected chi connectivity index (χ3v) is 4.59. The van der Waals surface area contributed by atoms with Crippen molar-refractivity contribution < 1.29 is 9.90 Å². The zero-order valence-corrected chi connectivity index (χ0v) is 15.5. The molecule has 26 heavy (non-hydrogen) atoms. The number of nitrogens with one attached hydrogen (secondary N) is 1. The molecule has 1 aliphatic heterocycles. The first-order valence-electron chi connectivity index (χ1n) is 8.80. The van der Waals surface area contributed by atoms with Crippen molar-refractivity contribution in [3.63, 3.8) is 0 Å². The average molecular weight is 355 g/mol. The summed E-state index contributed by atoms with van der Waals surface area (Å²) >= 11 is 0. The van der Waals surface area contributed by atoms with Crippen molar-refractivity contribution in [1.29, 1.82) is 0 Å². The van der Waals surface area contributed by atoms with Crippen LogP contribution >= 0.6 is 0 Å². The number of pyridine rings is 1. The van der Waals surface area contributed by atoms with Gasteiger partial charge in [0.15, 0.2) is 5.82 Å². The van der Waals surface area contributed by atoms with E-state index in [1.54, 1.807) is 24.2 Å². The molecule has 0 radical (unpaired) electrons. The van der Waals surface area contributed by atoms with Gasteiger partial charge in [-0.25, -0.2) is 9.97 Å². The molecule has 3 rings (SSSR count). The minimum Gasteiger partial charge on any atom is -0.396 e. The highest BCUT2D eigenvalue weighted by molar-refractivity contribution is 5.74. The molecule has 0 fully saturated rings. The molecule has 1 aliphatic rings. The van der Waals surface area contributed by atoms with E-state index in [1.165, 1.54) is 0 Å². The Morgan fingerprint density at radius 1 is 1.38 bits per heavy atom. The van der Waals surface area contributed by atoms with E-state index in [4.69, 9.17) is 9.97 Å². The second-order valence-corrected chi connectivity index (χ2v) is 7.43. The predicted octanol–water partition coefficient (Wildman–Crippen LogP) is 1.87. The molecule has 2 N–H and O–H groups in total. The van der Waals surface area contributed by atoms with E-state index in [-0.39, 0.29) is 17.9 Å². The summed E-state index contributed by atoms with van der Waals surface area (Å²) in [5, 5.41) is 12.9. The van der Waals surface area contributed by atoms with E-state index in [0.717, 1.165) is 22.6 Å². The van der Waals surface area contributed by atoms with Gasteiger partial charge >= 0.3 is 0 Å². The summed E-state index contributed by atoms with van der Waals surface area (Å²) in [6.45, 7) is 7.39. The fraction of sp³-hybridized carbons (Fsp3) is 0.474. The molecule has 0 aromatic carbocycles. The van der Waals surface area contributed by atoms with Crippen LogP contribution in [0.2, 0.25) is 0 Å². The summed E-state index contributed by atoms with van der Waals surface area (Å²) in [7, 11) is 0. The Morgan fingerprint density at radius 3 is 2.85 bits per heavy atom. The van der Waals surface area contributed by atoms with Gasteiger partial charge in [-0.05, 0) is 18.6 Å². The number of aliphatic hydroxyl groups excluding tert-OH is 1. The van der Waals surface area contributed by atoms with E-state index < -0.39 is 0 Å². The average Bonchev–Trinajstić information content (AvgIpc) is 2.66. The number of aliphatic hydroxyl groups is 1. The number of carbonyl (C=O) groups is 1. The van der Waals surface area contributed by atoms with Crippen LogP contribution in [-0.4, -0.2) is 50.6 Å². The van der Waals surface area contributed by atoms with Gasteiger partial charge in [0, 0.05) is 55.6 Å². The zero-order chi connectivity index (χ0) is 18.7. The van der Waals surface area contributed by atoms with Gasteiger partial charge in [0.05, 0.1) is 12.2 Å². The lowest BCUT2D eigenvalue weighted by Crippen LogP contribution is -2.36. The molecule has 0 unspecified atom stereocenters. The molecular formula is C19H25N5O2. The van der Waals surface area contributed by atoms with Crippen molar-refractivity contribution in [1.82, 2.24) is 19.9 Å². The first-order valence-corrected chi connectivity index (χ1v) is 8.80. The lowest BCUT2D eigenvalue weighted by molar-refractivity contribution is -0.129. The SMILES string of the molecule is CC(=O)N1CCc2c(nc(-c3cccnc3)nc2NCC(C)(C)CO)C1. The lowest BCUT2D eigenvalue weighted by atomic mass is 9.94. The molecule has 0 saturated carbocycles. The number of amides is 1. The van der Waals surface area contributed by atoms with Crippen molar-refractivity contribution in [2.45, 2.75) is 33.7 Å². The maximum absolute atomic E-state index is 11.8. The number of hydrogen-bond acceptors (Lipinski definition) is 6. The molecule has 7 heteroatoms. The van der Waals surface area contributed by atoms with Crippen LogP contribution in [0.25, 0.3) is 11.4 Å². The van der Waals surface area contributed by atoms with Gasteiger partial charge in [0.25, 0.3) is 0 Å². The fourth-order valence-corrected chi connectivity index (χ4v) is 2.85. The van der Waals surface area contributed by atoms with E-state index in [1.807, 2.05) is 26.0 Å². The first-order chi connectivity index (χ1) is 12.4. The monoisotopic (exact) mass is 355 g/mol. The number of nitrogens with zero attached hydrogens (tertiary/aromatic N) is 4. The minimum atomic E-state index is -0.258. The smallest absolute Gasteiger partial charge is 0.219 e. The standard InChI is InChI=1S/C19H25N5O2/c1-13(26)24-8-6-15-16(10-24)22-17(14-5-4-7-20-9-14)23-18(15)21-11-19(2,3)12-25/h4-5,7,9,25H,6,8,10-12H2,1-3H3,(H,21,22,23). The third-order valence-electron chi connectivity index (χ3n) is 4.59. The van der Waals surface area contributed by atoms with Gasteiger partial charge in [-0.1, -0.05) is 13.8 Å². The second-order valence-electron chi connectivity index (χ2n) is 7.43. The molecule has 0 spiro atoms. The van der Waals surface area contributed by atoms with E-state index in [9.17, 15) is 9.90 Å². The van der Waals surface area contributed by atoms with E-state index in [2.05, 4.69) is 10.3 Å². The van der Waals surface area contributed by atoms with Crippen molar-refractivity contribution in [2.75, 3.05) is 25.0 Å². The van der Waals surface area contributed by atoms with Gasteiger partial charge in [0.2, 0.25) is 5.91 Å². The molecular weight excluding hydrogens is 330 g/mol. The zero-order valence-electron chi connectivity index (χ0n) is 15.5. The minimum absolute atomic E-state index is 0.0492. The summed E-state index contributed by atoms with van der Waals surface area (Å²) in [5.41, 5.74) is 2.49. The largest absolute Gasteiger partial charge is 0.396 e. The van der Waals surface area contributed by atoms with Crippen LogP contribution in [-0.2, 0) is 17.8 Å². The van der Waals surface area contributed by atoms with E-state index >= 15 is 0 Å². The predicted molar refractivity (Wildman–Crippen MR) is 99.4 cm³/mol. The Bertz CT molecular complexity index is 792. The maximum atomic E-state index is 11.8. The van der Waals surface area contributed by atoms with E-state index in [0.29, 0.717) is 31.9 Å². The summed E-state index contributed by atoms with van der Waals surface area (Å²) in [5.74, 6) is 1.42. The number of rotatable bonds is 5. The molecule has 138 valence electrons. The topological polar surface area (TPSA) is 91.2 Å². The van der Waals surface area contributed by atoms with Gasteiger partial charge in [-0.2, -0.15) is 0 Å². The maximum Gasteiger partial charge on any atom is 0.219 e. The molecule has 0 saturated heterocycles. The lowest BCUT2D eigenvalue weighted by Gasteiger charge is -2.30. The molecule has 0 aliphatic carbocycles. The van der Waals surface area contributed by atoms with Crippen molar-refractivity contribution in [3.8, 4) is 11.4 Å². The summed E-state index contributed by atoms with van der Waals surface area (Å²) in [6, 6.07) is 3.77. The Kier molecular flexibility index (Phi) is 5.18. The van der Waals surface area contributed by atoms with Crippen LogP contribution in [0.4, 0.5) is 5.82 Å². The van der Waals surface area contributed by atoms with Gasteiger partial charge < -0.3 is 15.3 Å². The number of carbonyl (C=O) groups excluding carboxylic acids is 1. The van der Waals surface area contributed by atoms with Crippen LogP contribution in [0, 0.1) is 5.41 Å². The van der Waals surface area contributed by atoms with Crippen LogP contribution in [0.3, 0.4) is 0 Å². The van der Waals surface area contributed by atoms with Gasteiger partial charge in [-0.15, -0.1) is 0 Å². The Balaban J connectivity index is 1.99. The highest BCUT2D eigenvalue weighted by atomic mass is 16.3. The van der Waals surface area contributed by atoms with Crippen molar-refractivity contribution in [3.05, 3.63) is 35.8 Å². The molecule has 7 nitrogen and oxygen atoms in total. The van der Waals surface area contributed by atoms with Gasteiger partial charge in [-0.3, -0.25) is 9.78 Å². The molecule has 0 bridgehead atoms. The van der Waals surface area contributed by atoms with Crippen LogP contribution in [0.15, 0.2) is 24.5 Å². The third kappa shape index (κ3) is 3.99. The quantitative estimate of drug-likeness (QED) is 0.851. The summed E-state index contributed by atoms with van der Waals surface area (Å²) in [6.07, 6.45) is 4.15. The van der Waals surface area contributed by atoms with Crippen molar-refractivity contribution >= 4 is 11.7 Å². The van der Waals surface area contributed by atoms with Gasteiger partial charge in [0.1, 0.15) is 5.82 Å². The molecule has 2 aromatic rings. The summed E-state index contributed by atoms with van der Waals surface area (Å²) in [4.78, 5) is 27.1. The Hall–Kier alpha value is -2.54.